The van der Waals surface area contributed by atoms with E-state index in [0.717, 1.165) is 10.5 Å². The molecule has 0 aromatic heterocycles. The second-order valence-corrected chi connectivity index (χ2v) is 6.69. The highest BCUT2D eigenvalue weighted by Gasteiger charge is 2.14. The van der Waals surface area contributed by atoms with Crippen LogP contribution in [0.1, 0.15) is 5.56 Å². The number of nitrogens with one attached hydrogen (secondary N) is 1. The molecule has 0 radical (unpaired) electrons. The summed E-state index contributed by atoms with van der Waals surface area (Å²) in [5.41, 5.74) is 1.08. The maximum Gasteiger partial charge on any atom is 0.404 e. The fourth-order valence-electron chi connectivity index (χ4n) is 1.86. The zero-order chi connectivity index (χ0) is 16.7. The van der Waals surface area contributed by atoms with Crippen molar-refractivity contribution in [2.75, 3.05) is 6.54 Å². The smallest absolute Gasteiger partial charge is 0.404 e. The van der Waals surface area contributed by atoms with Crippen LogP contribution in [-0.4, -0.2) is 22.7 Å². The van der Waals surface area contributed by atoms with Crippen molar-refractivity contribution in [2.45, 2.75) is 16.2 Å². The van der Waals surface area contributed by atoms with Crippen LogP contribution < -0.4 is 5.32 Å². The van der Waals surface area contributed by atoms with Crippen LogP contribution in [0.5, 0.6) is 0 Å². The van der Waals surface area contributed by atoms with Crippen LogP contribution in [0.25, 0.3) is 0 Å². The second-order valence-electron chi connectivity index (χ2n) is 4.48. The topological polar surface area (TPSA) is 92.5 Å². The number of carboxylic acid groups (broad SMARTS) is 1. The maximum absolute atomic E-state index is 11.0. The molecule has 0 saturated carbocycles. The van der Waals surface area contributed by atoms with E-state index in [1.807, 2.05) is 24.3 Å². The van der Waals surface area contributed by atoms with E-state index in [-0.39, 0.29) is 5.69 Å². The molecule has 0 spiro atoms. The first kappa shape index (κ1) is 17.2. The predicted molar refractivity (Wildman–Crippen MR) is 91.0 cm³/mol. The molecule has 0 atom stereocenters. The maximum atomic E-state index is 11.0. The van der Waals surface area contributed by atoms with E-state index in [1.165, 1.54) is 27.7 Å². The fraction of sp³-hybridized carbons (Fsp3) is 0.133. The average Bonchev–Trinajstić information content (AvgIpc) is 2.54. The molecular weight excluding hydrogens is 336 g/mol. The normalized spacial score (nSPS) is 10.3. The van der Waals surface area contributed by atoms with Crippen LogP contribution >= 0.6 is 21.6 Å². The Hall–Kier alpha value is -2.19. The third-order valence-corrected chi connectivity index (χ3v) is 5.44. The minimum Gasteiger partial charge on any atom is -0.465 e. The van der Waals surface area contributed by atoms with Gasteiger partial charge in [-0.25, -0.2) is 4.79 Å². The quantitative estimate of drug-likeness (QED) is 0.441. The van der Waals surface area contributed by atoms with Crippen molar-refractivity contribution >= 4 is 33.4 Å². The first-order chi connectivity index (χ1) is 11.1. The molecule has 23 heavy (non-hydrogen) atoms. The summed E-state index contributed by atoms with van der Waals surface area (Å²) in [5.74, 6) is 0. The Morgan fingerprint density at radius 3 is 2.39 bits per heavy atom. The van der Waals surface area contributed by atoms with Gasteiger partial charge in [0.25, 0.3) is 5.69 Å². The van der Waals surface area contributed by atoms with Crippen LogP contribution in [0.15, 0.2) is 58.3 Å². The average molecular weight is 350 g/mol. The highest BCUT2D eigenvalue weighted by molar-refractivity contribution is 8.76. The molecule has 6 nitrogen and oxygen atoms in total. The molecule has 0 unspecified atom stereocenters. The second kappa shape index (κ2) is 8.44. The monoisotopic (exact) mass is 350 g/mol. The van der Waals surface area contributed by atoms with E-state index < -0.39 is 11.0 Å². The molecule has 2 rings (SSSR count). The number of para-hydroxylation sites is 1. The van der Waals surface area contributed by atoms with E-state index in [2.05, 4.69) is 5.32 Å². The zero-order valence-electron chi connectivity index (χ0n) is 12.0. The van der Waals surface area contributed by atoms with Crippen molar-refractivity contribution in [3.63, 3.8) is 0 Å². The van der Waals surface area contributed by atoms with E-state index in [9.17, 15) is 14.9 Å². The third kappa shape index (κ3) is 5.19. The number of nitrogens with zero attached hydrogens (tertiary/aromatic N) is 1. The zero-order valence-corrected chi connectivity index (χ0v) is 13.6. The standard InChI is InChI=1S/C15H14N2O4S2/c18-15(19)16-10-9-11-5-1-3-7-13(11)22-23-14-8-4-2-6-12(14)17(20)21/h1-8,16H,9-10H2,(H,18,19). The molecule has 2 aromatic rings. The van der Waals surface area contributed by atoms with Gasteiger partial charge in [0.1, 0.15) is 0 Å². The Kier molecular flexibility index (Phi) is 6.30. The van der Waals surface area contributed by atoms with Crippen molar-refractivity contribution in [3.05, 3.63) is 64.2 Å². The summed E-state index contributed by atoms with van der Waals surface area (Å²) in [6, 6.07) is 14.2. The third-order valence-electron chi connectivity index (χ3n) is 2.93. The van der Waals surface area contributed by atoms with E-state index in [4.69, 9.17) is 5.11 Å². The largest absolute Gasteiger partial charge is 0.465 e. The van der Waals surface area contributed by atoms with Gasteiger partial charge < -0.3 is 10.4 Å². The molecule has 1 amide bonds. The minimum atomic E-state index is -1.05. The summed E-state index contributed by atoms with van der Waals surface area (Å²) in [6.07, 6.45) is -0.489. The van der Waals surface area contributed by atoms with Crippen molar-refractivity contribution < 1.29 is 14.8 Å². The van der Waals surface area contributed by atoms with Gasteiger partial charge in [-0.05, 0) is 34.9 Å². The highest BCUT2D eigenvalue weighted by atomic mass is 33.1. The lowest BCUT2D eigenvalue weighted by Gasteiger charge is -2.08. The van der Waals surface area contributed by atoms with Gasteiger partial charge in [0.05, 0.1) is 9.82 Å². The lowest BCUT2D eigenvalue weighted by atomic mass is 10.1. The number of hydrogen-bond acceptors (Lipinski definition) is 5. The molecule has 0 fully saturated rings. The summed E-state index contributed by atoms with van der Waals surface area (Å²) in [4.78, 5) is 22.7. The van der Waals surface area contributed by atoms with Gasteiger partial charge in [-0.15, -0.1) is 0 Å². The SMILES string of the molecule is O=C(O)NCCc1ccccc1SSc1ccccc1[N+](=O)[O-]. The number of rotatable bonds is 7. The Morgan fingerprint density at radius 2 is 1.70 bits per heavy atom. The molecule has 0 saturated heterocycles. The molecular formula is C15H14N2O4S2. The van der Waals surface area contributed by atoms with E-state index >= 15 is 0 Å². The van der Waals surface area contributed by atoms with E-state index in [1.54, 1.807) is 18.2 Å². The number of nitro benzene ring substituents is 1. The molecule has 0 heterocycles. The van der Waals surface area contributed by atoms with Crippen molar-refractivity contribution in [1.29, 1.82) is 0 Å². The molecule has 8 heteroatoms. The molecule has 2 N–H and O–H groups in total. The van der Waals surface area contributed by atoms with Crippen molar-refractivity contribution in [3.8, 4) is 0 Å². The van der Waals surface area contributed by atoms with Crippen LogP contribution in [0.4, 0.5) is 10.5 Å². The number of nitro groups is 1. The number of hydrogen-bond donors (Lipinski definition) is 2. The molecule has 0 bridgehead atoms. The van der Waals surface area contributed by atoms with Gasteiger partial charge in [0.15, 0.2) is 0 Å². The summed E-state index contributed by atoms with van der Waals surface area (Å²) in [6.45, 7) is 0.322. The van der Waals surface area contributed by atoms with Crippen molar-refractivity contribution in [1.82, 2.24) is 5.32 Å². The van der Waals surface area contributed by atoms with Gasteiger partial charge in [0.2, 0.25) is 0 Å². The summed E-state index contributed by atoms with van der Waals surface area (Å²) < 4.78 is 0. The minimum absolute atomic E-state index is 0.0787. The predicted octanol–water partition coefficient (Wildman–Crippen LogP) is 4.20. The Morgan fingerprint density at radius 1 is 1.09 bits per heavy atom. The van der Waals surface area contributed by atoms with Crippen LogP contribution in [0, 0.1) is 10.1 Å². The fourth-order valence-corrected chi connectivity index (χ4v) is 4.27. The summed E-state index contributed by atoms with van der Waals surface area (Å²) in [5, 5.41) is 22.0. The van der Waals surface area contributed by atoms with Crippen LogP contribution in [0.2, 0.25) is 0 Å². The summed E-state index contributed by atoms with van der Waals surface area (Å²) in [7, 11) is 2.75. The van der Waals surface area contributed by atoms with E-state index in [0.29, 0.717) is 17.9 Å². The van der Waals surface area contributed by atoms with Crippen LogP contribution in [-0.2, 0) is 6.42 Å². The number of carbonyl (C=O) groups is 1. The van der Waals surface area contributed by atoms with Crippen LogP contribution in [0.3, 0.4) is 0 Å². The molecule has 0 aliphatic rings. The molecule has 0 aliphatic heterocycles. The number of amides is 1. The van der Waals surface area contributed by atoms with Gasteiger partial charge in [-0.1, -0.05) is 41.1 Å². The van der Waals surface area contributed by atoms with Gasteiger partial charge >= 0.3 is 6.09 Å². The first-order valence-electron chi connectivity index (χ1n) is 6.70. The van der Waals surface area contributed by atoms with Gasteiger partial charge in [-0.2, -0.15) is 0 Å². The highest BCUT2D eigenvalue weighted by Crippen LogP contribution is 2.42. The molecule has 2 aromatic carbocycles. The van der Waals surface area contributed by atoms with Gasteiger partial charge in [-0.3, -0.25) is 10.1 Å². The lowest BCUT2D eigenvalue weighted by molar-refractivity contribution is -0.387. The number of benzene rings is 2. The Balaban J connectivity index is 2.06. The summed E-state index contributed by atoms with van der Waals surface area (Å²) >= 11 is 0. The van der Waals surface area contributed by atoms with Crippen molar-refractivity contribution in [2.24, 2.45) is 0 Å². The first-order valence-corrected chi connectivity index (χ1v) is 8.85. The molecule has 120 valence electrons. The molecule has 0 aliphatic carbocycles. The van der Waals surface area contributed by atoms with Gasteiger partial charge in [0, 0.05) is 17.5 Å². The Bertz CT molecular complexity index is 709. The lowest BCUT2D eigenvalue weighted by Crippen LogP contribution is -2.23. The Labute approximate surface area is 140 Å².